The number of carbonyl (C=O) groups is 2. The van der Waals surface area contributed by atoms with E-state index < -0.39 is 11.8 Å². The molecule has 1 aliphatic heterocycles. The van der Waals surface area contributed by atoms with E-state index in [4.69, 9.17) is 0 Å². The van der Waals surface area contributed by atoms with Crippen LogP contribution in [0.5, 0.6) is 0 Å². The number of aliphatic hydroxyl groups is 1. The summed E-state index contributed by atoms with van der Waals surface area (Å²) in [5.41, 5.74) is 1.81. The van der Waals surface area contributed by atoms with Crippen molar-refractivity contribution >= 4 is 17.5 Å². The number of aliphatic hydroxyl groups excluding tert-OH is 1. The predicted octanol–water partition coefficient (Wildman–Crippen LogP) is 1.91. The number of amides is 2. The van der Waals surface area contributed by atoms with E-state index in [0.29, 0.717) is 12.2 Å². The summed E-state index contributed by atoms with van der Waals surface area (Å²) in [7, 11) is 0. The quantitative estimate of drug-likeness (QED) is 0.820. The Bertz CT molecular complexity index is 546. The van der Waals surface area contributed by atoms with Crippen molar-refractivity contribution in [1.29, 1.82) is 0 Å². The number of anilines is 1. The van der Waals surface area contributed by atoms with Crippen molar-refractivity contribution < 1.29 is 14.7 Å². The zero-order chi connectivity index (χ0) is 16.3. The van der Waals surface area contributed by atoms with E-state index in [1.54, 1.807) is 12.1 Å². The molecule has 1 aliphatic rings. The van der Waals surface area contributed by atoms with Gasteiger partial charge in [-0.25, -0.2) is 0 Å². The smallest absolute Gasteiger partial charge is 0.313 e. The number of benzene rings is 1. The highest BCUT2D eigenvalue weighted by molar-refractivity contribution is 6.39. The monoisotopic (exact) mass is 304 g/mol. The summed E-state index contributed by atoms with van der Waals surface area (Å²) in [5.74, 6) is -1.22. The summed E-state index contributed by atoms with van der Waals surface area (Å²) in [6.07, 6.45) is 1.57. The van der Waals surface area contributed by atoms with Crippen molar-refractivity contribution in [2.24, 2.45) is 0 Å². The lowest BCUT2D eigenvalue weighted by Gasteiger charge is -2.22. The highest BCUT2D eigenvalue weighted by Gasteiger charge is 2.31. The van der Waals surface area contributed by atoms with E-state index in [0.717, 1.165) is 18.4 Å². The lowest BCUT2D eigenvalue weighted by atomic mass is 9.87. The van der Waals surface area contributed by atoms with Crippen molar-refractivity contribution in [3.8, 4) is 0 Å². The Hall–Kier alpha value is -1.88. The van der Waals surface area contributed by atoms with Crippen molar-refractivity contribution in [2.45, 2.75) is 45.1 Å². The fourth-order valence-electron chi connectivity index (χ4n) is 2.66. The van der Waals surface area contributed by atoms with E-state index >= 15 is 0 Å². The molecular weight excluding hydrogens is 280 g/mol. The molecule has 22 heavy (non-hydrogen) atoms. The molecule has 2 amide bonds. The fraction of sp³-hybridized carbons (Fsp3) is 0.529. The maximum absolute atomic E-state index is 12.1. The molecule has 1 aromatic rings. The number of likely N-dealkylation sites (tertiary alicyclic amines) is 1. The lowest BCUT2D eigenvalue weighted by molar-refractivity contribution is -0.144. The van der Waals surface area contributed by atoms with Crippen LogP contribution in [0.1, 0.15) is 39.2 Å². The van der Waals surface area contributed by atoms with E-state index in [1.165, 1.54) is 4.90 Å². The molecule has 1 saturated heterocycles. The first-order valence-corrected chi connectivity index (χ1v) is 7.66. The Balaban J connectivity index is 2.01. The second-order valence-corrected chi connectivity index (χ2v) is 6.76. The molecule has 0 unspecified atom stereocenters. The van der Waals surface area contributed by atoms with Gasteiger partial charge in [0.05, 0.1) is 12.6 Å². The van der Waals surface area contributed by atoms with Crippen molar-refractivity contribution in [3.63, 3.8) is 0 Å². The Morgan fingerprint density at radius 2 is 1.91 bits per heavy atom. The normalized spacial score (nSPS) is 18.4. The molecule has 5 heteroatoms. The molecule has 1 fully saturated rings. The summed E-state index contributed by atoms with van der Waals surface area (Å²) in [6.45, 7) is 6.78. The number of nitrogens with one attached hydrogen (secondary N) is 1. The molecule has 1 aromatic carbocycles. The number of carbonyl (C=O) groups excluding carboxylic acids is 2. The maximum atomic E-state index is 12.1. The zero-order valence-electron chi connectivity index (χ0n) is 13.4. The van der Waals surface area contributed by atoms with Crippen molar-refractivity contribution in [1.82, 2.24) is 4.90 Å². The molecule has 1 atom stereocenters. The Labute approximate surface area is 131 Å². The first-order chi connectivity index (χ1) is 10.3. The van der Waals surface area contributed by atoms with E-state index in [2.05, 4.69) is 26.1 Å². The van der Waals surface area contributed by atoms with E-state index in [1.807, 2.05) is 12.1 Å². The van der Waals surface area contributed by atoms with Crippen LogP contribution in [0.2, 0.25) is 0 Å². The van der Waals surface area contributed by atoms with Crippen LogP contribution in [0.25, 0.3) is 0 Å². The first kappa shape index (κ1) is 16.5. The lowest BCUT2D eigenvalue weighted by Crippen LogP contribution is -2.43. The molecule has 0 saturated carbocycles. The highest BCUT2D eigenvalue weighted by Crippen LogP contribution is 2.23. The molecule has 2 rings (SSSR count). The number of nitrogens with zero attached hydrogens (tertiary/aromatic N) is 1. The van der Waals surface area contributed by atoms with Crippen LogP contribution in [0.15, 0.2) is 24.3 Å². The Morgan fingerprint density at radius 3 is 2.45 bits per heavy atom. The minimum atomic E-state index is -0.649. The number of hydrogen-bond acceptors (Lipinski definition) is 3. The van der Waals surface area contributed by atoms with Gasteiger partial charge in [-0.1, -0.05) is 32.9 Å². The second kappa shape index (κ2) is 6.48. The molecule has 0 spiro atoms. The summed E-state index contributed by atoms with van der Waals surface area (Å²) in [5, 5.41) is 11.9. The average Bonchev–Trinajstić information content (AvgIpc) is 2.94. The SMILES string of the molecule is CC(C)(C)c1ccc(NC(=O)C(=O)N2CCC[C@@H]2CO)cc1. The highest BCUT2D eigenvalue weighted by atomic mass is 16.3. The molecule has 0 aliphatic carbocycles. The van der Waals surface area contributed by atoms with E-state index in [-0.39, 0.29) is 18.1 Å². The minimum Gasteiger partial charge on any atom is -0.394 e. The largest absolute Gasteiger partial charge is 0.394 e. The first-order valence-electron chi connectivity index (χ1n) is 7.66. The summed E-state index contributed by atoms with van der Waals surface area (Å²) in [6, 6.07) is 7.28. The second-order valence-electron chi connectivity index (χ2n) is 6.76. The predicted molar refractivity (Wildman–Crippen MR) is 85.6 cm³/mol. The molecule has 1 heterocycles. The van der Waals surface area contributed by atoms with Gasteiger partial charge in [0.15, 0.2) is 0 Å². The molecule has 120 valence electrons. The van der Waals surface area contributed by atoms with Crippen LogP contribution >= 0.6 is 0 Å². The van der Waals surface area contributed by atoms with Crippen LogP contribution < -0.4 is 5.32 Å². The van der Waals surface area contributed by atoms with Gasteiger partial charge in [-0.15, -0.1) is 0 Å². The van der Waals surface area contributed by atoms with Crippen LogP contribution in [0, 0.1) is 0 Å². The van der Waals surface area contributed by atoms with Crippen LogP contribution in [0.3, 0.4) is 0 Å². The number of hydrogen-bond donors (Lipinski definition) is 2. The van der Waals surface area contributed by atoms with E-state index in [9.17, 15) is 14.7 Å². The molecule has 2 N–H and O–H groups in total. The Kier molecular flexibility index (Phi) is 4.86. The van der Waals surface area contributed by atoms with Crippen LogP contribution in [-0.4, -0.2) is 41.0 Å². The van der Waals surface area contributed by atoms with Crippen LogP contribution in [-0.2, 0) is 15.0 Å². The maximum Gasteiger partial charge on any atom is 0.313 e. The summed E-state index contributed by atoms with van der Waals surface area (Å²) >= 11 is 0. The van der Waals surface area contributed by atoms with Gasteiger partial charge in [0.25, 0.3) is 0 Å². The fourth-order valence-corrected chi connectivity index (χ4v) is 2.66. The summed E-state index contributed by atoms with van der Waals surface area (Å²) < 4.78 is 0. The molecule has 5 nitrogen and oxygen atoms in total. The van der Waals surface area contributed by atoms with Gasteiger partial charge in [0.2, 0.25) is 0 Å². The standard InChI is InChI=1S/C17H24N2O3/c1-17(2,3)12-6-8-13(9-7-12)18-15(21)16(22)19-10-4-5-14(19)11-20/h6-9,14,20H,4-5,10-11H2,1-3H3,(H,18,21)/t14-/m1/s1. The molecule has 0 bridgehead atoms. The third-order valence-corrected chi connectivity index (χ3v) is 4.05. The topological polar surface area (TPSA) is 69.6 Å². The van der Waals surface area contributed by atoms with Gasteiger partial charge in [0, 0.05) is 12.2 Å². The average molecular weight is 304 g/mol. The van der Waals surface area contributed by atoms with Gasteiger partial charge < -0.3 is 15.3 Å². The molecular formula is C17H24N2O3. The van der Waals surface area contributed by atoms with Crippen molar-refractivity contribution in [2.75, 3.05) is 18.5 Å². The number of rotatable bonds is 2. The summed E-state index contributed by atoms with van der Waals surface area (Å²) in [4.78, 5) is 25.7. The van der Waals surface area contributed by atoms with Crippen molar-refractivity contribution in [3.05, 3.63) is 29.8 Å². The molecule has 0 aromatic heterocycles. The van der Waals surface area contributed by atoms with Gasteiger partial charge in [-0.05, 0) is 36.0 Å². The van der Waals surface area contributed by atoms with Gasteiger partial charge in [-0.3, -0.25) is 9.59 Å². The van der Waals surface area contributed by atoms with Gasteiger partial charge >= 0.3 is 11.8 Å². The minimum absolute atomic E-state index is 0.0439. The van der Waals surface area contributed by atoms with Crippen LogP contribution in [0.4, 0.5) is 5.69 Å². The third-order valence-electron chi connectivity index (χ3n) is 4.05. The third kappa shape index (κ3) is 3.65. The van der Waals surface area contributed by atoms with Gasteiger partial charge in [0.1, 0.15) is 0 Å². The molecule has 0 radical (unpaired) electrons. The Morgan fingerprint density at radius 1 is 1.27 bits per heavy atom. The zero-order valence-corrected chi connectivity index (χ0v) is 13.4. The van der Waals surface area contributed by atoms with Gasteiger partial charge in [-0.2, -0.15) is 0 Å².